The van der Waals surface area contributed by atoms with Crippen LogP contribution in [-0.4, -0.2) is 16.8 Å². The third-order valence-electron chi connectivity index (χ3n) is 4.88. The maximum Gasteiger partial charge on any atom is 0.363 e. The Balaban J connectivity index is 1.55. The maximum atomic E-state index is 12.4. The minimum absolute atomic E-state index is 0.00744. The van der Waals surface area contributed by atoms with Crippen molar-refractivity contribution < 1.29 is 19.2 Å². The molecule has 3 aromatic carbocycles. The predicted octanol–water partition coefficient (Wildman–Crippen LogP) is 6.69. The van der Waals surface area contributed by atoms with Gasteiger partial charge in [-0.25, -0.2) is 9.79 Å². The first-order valence-electron chi connectivity index (χ1n) is 9.85. The maximum absolute atomic E-state index is 12.4. The van der Waals surface area contributed by atoms with Crippen molar-refractivity contribution >= 4 is 80.4 Å². The predicted molar refractivity (Wildman–Crippen MR) is 146 cm³/mol. The second-order valence-electron chi connectivity index (χ2n) is 7.32. The van der Waals surface area contributed by atoms with E-state index >= 15 is 0 Å². The van der Waals surface area contributed by atoms with Gasteiger partial charge in [0.2, 0.25) is 5.90 Å². The van der Waals surface area contributed by atoms with Gasteiger partial charge in [-0.3, -0.25) is 10.1 Å². The lowest BCUT2D eigenvalue weighted by Crippen LogP contribution is -2.06. The average molecular weight is 701 g/mol. The fourth-order valence-corrected chi connectivity index (χ4v) is 5.47. The van der Waals surface area contributed by atoms with E-state index in [1.165, 1.54) is 12.1 Å². The van der Waals surface area contributed by atoms with Crippen LogP contribution in [0.1, 0.15) is 22.3 Å². The van der Waals surface area contributed by atoms with Gasteiger partial charge in [0.15, 0.2) is 5.70 Å². The Kier molecular flexibility index (Phi) is 7.53. The summed E-state index contributed by atoms with van der Waals surface area (Å²) in [6.07, 6.45) is 1.64. The zero-order valence-corrected chi connectivity index (χ0v) is 22.6. The molecule has 0 saturated heterocycles. The van der Waals surface area contributed by atoms with E-state index < -0.39 is 10.9 Å². The number of nitro benzene ring substituents is 1. The number of rotatable bonds is 6. The number of esters is 1. The molecule has 0 spiro atoms. The summed E-state index contributed by atoms with van der Waals surface area (Å²) in [5.74, 6) is 0.276. The largest absolute Gasteiger partial charge is 0.487 e. The molecular formula is C24H15ClI2N2O5. The molecule has 1 aliphatic heterocycles. The minimum Gasteiger partial charge on any atom is -0.487 e. The normalized spacial score (nSPS) is 14.2. The van der Waals surface area contributed by atoms with Gasteiger partial charge in [-0.15, -0.1) is 0 Å². The molecule has 10 heteroatoms. The summed E-state index contributed by atoms with van der Waals surface area (Å²) in [5, 5.41) is 11.7. The van der Waals surface area contributed by atoms with Crippen molar-refractivity contribution in [3.05, 3.63) is 105 Å². The van der Waals surface area contributed by atoms with Crippen molar-refractivity contribution in [3.63, 3.8) is 0 Å². The molecule has 34 heavy (non-hydrogen) atoms. The van der Waals surface area contributed by atoms with Crippen LogP contribution in [0.5, 0.6) is 5.75 Å². The summed E-state index contributed by atoms with van der Waals surface area (Å²) in [7, 11) is 0. The molecule has 4 rings (SSSR count). The zero-order chi connectivity index (χ0) is 24.4. The van der Waals surface area contributed by atoms with Crippen molar-refractivity contribution in [1.29, 1.82) is 0 Å². The fourth-order valence-electron chi connectivity index (χ4n) is 3.22. The molecule has 172 valence electrons. The summed E-state index contributed by atoms with van der Waals surface area (Å²) in [4.78, 5) is 27.3. The zero-order valence-electron chi connectivity index (χ0n) is 17.6. The van der Waals surface area contributed by atoms with E-state index in [9.17, 15) is 14.9 Å². The highest BCUT2D eigenvalue weighted by Crippen LogP contribution is 2.31. The number of aliphatic imine (C=N–C) groups is 1. The van der Waals surface area contributed by atoms with Crippen LogP contribution in [0.2, 0.25) is 5.02 Å². The number of halogens is 3. The summed E-state index contributed by atoms with van der Waals surface area (Å²) in [6.45, 7) is 2.02. The fraction of sp³-hybridized carbons (Fsp3) is 0.0833. The Labute approximate surface area is 227 Å². The first-order chi connectivity index (χ1) is 16.2. The van der Waals surface area contributed by atoms with Gasteiger partial charge < -0.3 is 9.47 Å². The van der Waals surface area contributed by atoms with Gasteiger partial charge in [-0.05, 0) is 106 Å². The van der Waals surface area contributed by atoms with E-state index in [0.29, 0.717) is 22.8 Å². The number of hydrogen-bond acceptors (Lipinski definition) is 6. The van der Waals surface area contributed by atoms with Crippen LogP contribution in [0.4, 0.5) is 5.69 Å². The quantitative estimate of drug-likeness (QED) is 0.0941. The molecule has 0 aliphatic carbocycles. The lowest BCUT2D eigenvalue weighted by Gasteiger charge is -2.11. The lowest BCUT2D eigenvalue weighted by atomic mass is 10.1. The van der Waals surface area contributed by atoms with E-state index in [-0.39, 0.29) is 17.3 Å². The van der Waals surface area contributed by atoms with Crippen LogP contribution in [0, 0.1) is 24.2 Å². The molecule has 0 atom stereocenters. The van der Waals surface area contributed by atoms with Crippen LogP contribution in [0.25, 0.3) is 6.08 Å². The van der Waals surface area contributed by atoms with E-state index in [1.54, 1.807) is 19.1 Å². The lowest BCUT2D eigenvalue weighted by molar-refractivity contribution is -0.385. The van der Waals surface area contributed by atoms with Crippen LogP contribution in [-0.2, 0) is 16.1 Å². The molecule has 1 heterocycles. The van der Waals surface area contributed by atoms with E-state index in [1.807, 2.05) is 36.4 Å². The summed E-state index contributed by atoms with van der Waals surface area (Å²) in [6, 6.07) is 15.7. The Hall–Kier alpha value is -2.51. The molecule has 0 amide bonds. The van der Waals surface area contributed by atoms with E-state index in [4.69, 9.17) is 21.1 Å². The number of benzene rings is 3. The van der Waals surface area contributed by atoms with Crippen molar-refractivity contribution in [2.45, 2.75) is 13.5 Å². The van der Waals surface area contributed by atoms with Crippen LogP contribution < -0.4 is 4.74 Å². The number of nitro groups is 1. The highest BCUT2D eigenvalue weighted by atomic mass is 127. The molecule has 0 radical (unpaired) electrons. The Bertz CT molecular complexity index is 1350. The van der Waals surface area contributed by atoms with Crippen molar-refractivity contribution in [1.82, 2.24) is 0 Å². The standard InChI is InChI=1S/C24H15ClI2N2O5/c1-13-8-16(4-7-21(13)29(31)32)23-28-20(24(30)34-23)11-15-9-18(26)22(19(27)10-15)33-12-14-2-5-17(25)6-3-14/h2-11H,12H2,1H3/b20-11-. The smallest absolute Gasteiger partial charge is 0.363 e. The first kappa shape index (κ1) is 24.6. The number of ether oxygens (including phenoxy) is 2. The third-order valence-corrected chi connectivity index (χ3v) is 6.74. The van der Waals surface area contributed by atoms with Crippen LogP contribution >= 0.6 is 56.8 Å². The van der Waals surface area contributed by atoms with Gasteiger partial charge in [0.05, 0.1) is 12.1 Å². The molecule has 3 aromatic rings. The Morgan fingerprint density at radius 1 is 1.12 bits per heavy atom. The van der Waals surface area contributed by atoms with Crippen molar-refractivity contribution in [3.8, 4) is 5.75 Å². The summed E-state index contributed by atoms with van der Waals surface area (Å²) >= 11 is 10.3. The molecular weight excluding hydrogens is 686 g/mol. The second kappa shape index (κ2) is 10.4. The number of carbonyl (C=O) groups excluding carboxylic acids is 1. The highest BCUT2D eigenvalue weighted by Gasteiger charge is 2.25. The topological polar surface area (TPSA) is 91.0 Å². The molecule has 0 N–H and O–H groups in total. The molecule has 0 aromatic heterocycles. The first-order valence-corrected chi connectivity index (χ1v) is 12.4. The van der Waals surface area contributed by atoms with Gasteiger partial charge in [-0.2, -0.15) is 0 Å². The molecule has 0 saturated carbocycles. The Morgan fingerprint density at radius 2 is 1.79 bits per heavy atom. The molecule has 7 nitrogen and oxygen atoms in total. The molecule has 1 aliphatic rings. The van der Waals surface area contributed by atoms with Crippen LogP contribution in [0.3, 0.4) is 0 Å². The third kappa shape index (κ3) is 5.58. The van der Waals surface area contributed by atoms with Crippen LogP contribution in [0.15, 0.2) is 65.3 Å². The highest BCUT2D eigenvalue weighted by molar-refractivity contribution is 14.1. The summed E-state index contributed by atoms with van der Waals surface area (Å²) in [5.41, 5.74) is 2.86. The monoisotopic (exact) mass is 700 g/mol. The SMILES string of the molecule is Cc1cc(C2=N/C(=C\c3cc(I)c(OCc4ccc(Cl)cc4)c(I)c3)C(=O)O2)ccc1[N+](=O)[O-]. The number of nitrogens with zero attached hydrogens (tertiary/aromatic N) is 2. The minimum atomic E-state index is -0.584. The molecule has 0 bridgehead atoms. The average Bonchev–Trinajstić information content (AvgIpc) is 3.14. The van der Waals surface area contributed by atoms with Gasteiger partial charge >= 0.3 is 5.97 Å². The second-order valence-corrected chi connectivity index (χ2v) is 10.1. The number of aryl methyl sites for hydroxylation is 1. The van der Waals surface area contributed by atoms with Gasteiger partial charge in [-0.1, -0.05) is 23.7 Å². The van der Waals surface area contributed by atoms with Gasteiger partial charge in [0.25, 0.3) is 5.69 Å². The molecule has 0 unspecified atom stereocenters. The van der Waals surface area contributed by atoms with Gasteiger partial charge in [0.1, 0.15) is 12.4 Å². The Morgan fingerprint density at radius 3 is 2.41 bits per heavy atom. The van der Waals surface area contributed by atoms with Crippen molar-refractivity contribution in [2.75, 3.05) is 0 Å². The van der Waals surface area contributed by atoms with E-state index in [0.717, 1.165) is 24.0 Å². The molecule has 0 fully saturated rings. The number of carbonyl (C=O) groups is 1. The number of cyclic esters (lactones) is 1. The van der Waals surface area contributed by atoms with Gasteiger partial charge in [0, 0.05) is 22.2 Å². The summed E-state index contributed by atoms with van der Waals surface area (Å²) < 4.78 is 13.1. The van der Waals surface area contributed by atoms with Crippen molar-refractivity contribution in [2.24, 2.45) is 4.99 Å². The number of hydrogen-bond donors (Lipinski definition) is 0. The van der Waals surface area contributed by atoms with E-state index in [2.05, 4.69) is 50.2 Å².